The topological polar surface area (TPSA) is 0 Å². The Morgan fingerprint density at radius 3 is 2.64 bits per heavy atom. The van der Waals surface area contributed by atoms with Crippen LogP contribution in [-0.2, 0) is 38.7 Å². The molecule has 0 nitrogen and oxygen atoms in total. The minimum absolute atomic E-state index is 0. The standard InChI is InChI=1S/C13H14.Hf/c1-9-5-6-12-7-10-3-2-4-11(10)8-13(9)12;/h5-9H,2-4H2,1H3;. The quantitative estimate of drug-likeness (QED) is 0.631. The molecule has 0 N–H and O–H groups in total. The summed E-state index contributed by atoms with van der Waals surface area (Å²) in [7, 11) is 0. The van der Waals surface area contributed by atoms with Gasteiger partial charge < -0.3 is 0 Å². The Balaban J connectivity index is 0.000000750. The minimum Gasteiger partial charge on any atom is -0.0767 e. The van der Waals surface area contributed by atoms with Crippen LogP contribution in [0.5, 0.6) is 0 Å². The molecule has 2 aliphatic rings. The van der Waals surface area contributed by atoms with E-state index in [2.05, 4.69) is 31.2 Å². The van der Waals surface area contributed by atoms with E-state index in [-0.39, 0.29) is 25.8 Å². The average molecular weight is 349 g/mol. The first-order valence-electron chi connectivity index (χ1n) is 5.18. The van der Waals surface area contributed by atoms with Crippen molar-refractivity contribution in [2.45, 2.75) is 32.1 Å². The average Bonchev–Trinajstić information content (AvgIpc) is 2.70. The van der Waals surface area contributed by atoms with E-state index in [1.54, 1.807) is 16.7 Å². The first-order valence-corrected chi connectivity index (χ1v) is 5.18. The number of hydrogen-bond acceptors (Lipinski definition) is 0. The largest absolute Gasteiger partial charge is 0.0767 e. The maximum absolute atomic E-state index is 2.43. The van der Waals surface area contributed by atoms with Crippen LogP contribution >= 0.6 is 0 Å². The van der Waals surface area contributed by atoms with Crippen molar-refractivity contribution in [3.63, 3.8) is 0 Å². The van der Waals surface area contributed by atoms with Gasteiger partial charge >= 0.3 is 0 Å². The smallest absolute Gasteiger partial charge is 0 e. The molecule has 70 valence electrons. The number of rotatable bonds is 0. The predicted octanol–water partition coefficient (Wildman–Crippen LogP) is 3.30. The first kappa shape index (κ1) is 10.4. The van der Waals surface area contributed by atoms with E-state index in [4.69, 9.17) is 0 Å². The maximum atomic E-state index is 2.43. The van der Waals surface area contributed by atoms with E-state index in [1.165, 1.54) is 24.8 Å². The second-order valence-corrected chi connectivity index (χ2v) is 4.25. The summed E-state index contributed by atoms with van der Waals surface area (Å²) in [4.78, 5) is 0. The molecule has 1 aromatic carbocycles. The Kier molecular flexibility index (Phi) is 2.79. The van der Waals surface area contributed by atoms with Crippen LogP contribution < -0.4 is 0 Å². The zero-order chi connectivity index (χ0) is 8.84. The van der Waals surface area contributed by atoms with Crippen molar-refractivity contribution in [2.24, 2.45) is 0 Å². The van der Waals surface area contributed by atoms with E-state index in [0.29, 0.717) is 5.92 Å². The number of aryl methyl sites for hydroxylation is 2. The summed E-state index contributed by atoms with van der Waals surface area (Å²) in [6.07, 6.45) is 8.54. The van der Waals surface area contributed by atoms with Gasteiger partial charge in [-0.15, -0.1) is 0 Å². The molecule has 0 spiro atoms. The van der Waals surface area contributed by atoms with Crippen LogP contribution in [0.15, 0.2) is 18.2 Å². The Bertz CT molecular complexity index is 390. The van der Waals surface area contributed by atoms with E-state index >= 15 is 0 Å². The van der Waals surface area contributed by atoms with Gasteiger partial charge in [0.1, 0.15) is 0 Å². The van der Waals surface area contributed by atoms with Crippen molar-refractivity contribution in [1.82, 2.24) is 0 Å². The molecule has 0 amide bonds. The van der Waals surface area contributed by atoms with E-state index in [0.717, 1.165) is 0 Å². The van der Waals surface area contributed by atoms with Gasteiger partial charge in [-0.05, 0) is 47.4 Å². The summed E-state index contributed by atoms with van der Waals surface area (Å²) >= 11 is 0. The van der Waals surface area contributed by atoms with Crippen molar-refractivity contribution in [2.75, 3.05) is 0 Å². The second-order valence-electron chi connectivity index (χ2n) is 4.25. The SMILES string of the molecule is CC1C=Cc2cc3c(cc21)CCC3.[Hf]. The summed E-state index contributed by atoms with van der Waals surface area (Å²) < 4.78 is 0. The van der Waals surface area contributed by atoms with Gasteiger partial charge in [0.25, 0.3) is 0 Å². The van der Waals surface area contributed by atoms with Gasteiger partial charge in [-0.3, -0.25) is 0 Å². The van der Waals surface area contributed by atoms with Crippen molar-refractivity contribution in [1.29, 1.82) is 0 Å². The van der Waals surface area contributed by atoms with Gasteiger partial charge in [0.2, 0.25) is 0 Å². The van der Waals surface area contributed by atoms with Crippen molar-refractivity contribution < 1.29 is 25.8 Å². The van der Waals surface area contributed by atoms with Crippen LogP contribution in [0.1, 0.15) is 41.5 Å². The molecule has 0 bridgehead atoms. The summed E-state index contributed by atoms with van der Waals surface area (Å²) in [5.74, 6) is 0.640. The molecule has 1 atom stereocenters. The third-order valence-corrected chi connectivity index (χ3v) is 3.35. The molecule has 0 aromatic heterocycles. The van der Waals surface area contributed by atoms with Gasteiger partial charge in [-0.2, -0.15) is 0 Å². The Labute approximate surface area is 104 Å². The number of allylic oxidation sites excluding steroid dienone is 1. The van der Waals surface area contributed by atoms with Crippen LogP contribution in [0.4, 0.5) is 0 Å². The molecule has 0 saturated heterocycles. The van der Waals surface area contributed by atoms with Crippen molar-refractivity contribution in [3.8, 4) is 0 Å². The molecule has 3 rings (SSSR count). The molecule has 2 aliphatic carbocycles. The van der Waals surface area contributed by atoms with E-state index in [1.807, 2.05) is 0 Å². The fourth-order valence-corrected chi connectivity index (χ4v) is 2.55. The Morgan fingerprint density at radius 1 is 1.14 bits per heavy atom. The first-order chi connectivity index (χ1) is 6.34. The van der Waals surface area contributed by atoms with Crippen LogP contribution in [0.3, 0.4) is 0 Å². The fourth-order valence-electron chi connectivity index (χ4n) is 2.55. The van der Waals surface area contributed by atoms with Gasteiger partial charge in [-0.25, -0.2) is 0 Å². The monoisotopic (exact) mass is 350 g/mol. The molecule has 0 fully saturated rings. The van der Waals surface area contributed by atoms with Crippen LogP contribution in [-0.4, -0.2) is 0 Å². The predicted molar refractivity (Wildman–Crippen MR) is 55.9 cm³/mol. The number of benzene rings is 1. The van der Waals surface area contributed by atoms with Gasteiger partial charge in [-0.1, -0.05) is 31.2 Å². The van der Waals surface area contributed by atoms with Crippen molar-refractivity contribution in [3.05, 3.63) is 40.5 Å². The number of fused-ring (bicyclic) bond motifs is 2. The molecule has 0 heterocycles. The van der Waals surface area contributed by atoms with E-state index in [9.17, 15) is 0 Å². The Morgan fingerprint density at radius 2 is 1.86 bits per heavy atom. The molecular formula is C13H14Hf. The van der Waals surface area contributed by atoms with Gasteiger partial charge in [0.05, 0.1) is 0 Å². The van der Waals surface area contributed by atoms with Crippen LogP contribution in [0, 0.1) is 0 Å². The van der Waals surface area contributed by atoms with Crippen LogP contribution in [0.25, 0.3) is 6.08 Å². The normalized spacial score (nSPS) is 21.6. The van der Waals surface area contributed by atoms with Crippen LogP contribution in [0.2, 0.25) is 0 Å². The maximum Gasteiger partial charge on any atom is 0 e. The van der Waals surface area contributed by atoms with Crippen molar-refractivity contribution >= 4 is 6.08 Å². The molecule has 0 aliphatic heterocycles. The molecule has 1 unspecified atom stereocenters. The molecule has 1 heteroatoms. The zero-order valence-corrected chi connectivity index (χ0v) is 12.1. The fraction of sp³-hybridized carbons (Fsp3) is 0.385. The number of hydrogen-bond donors (Lipinski definition) is 0. The molecule has 0 radical (unpaired) electrons. The summed E-state index contributed by atoms with van der Waals surface area (Å²) in [5.41, 5.74) is 6.21. The molecule has 1 aromatic rings. The molecular weight excluding hydrogens is 335 g/mol. The summed E-state index contributed by atoms with van der Waals surface area (Å²) in [5, 5.41) is 0. The summed E-state index contributed by atoms with van der Waals surface area (Å²) in [6.45, 7) is 2.28. The second kappa shape index (κ2) is 3.77. The summed E-state index contributed by atoms with van der Waals surface area (Å²) in [6, 6.07) is 4.83. The van der Waals surface area contributed by atoms with Gasteiger partial charge in [0.15, 0.2) is 0 Å². The van der Waals surface area contributed by atoms with Gasteiger partial charge in [0, 0.05) is 25.8 Å². The minimum atomic E-state index is 0. The third-order valence-electron chi connectivity index (χ3n) is 3.35. The third kappa shape index (κ3) is 1.46. The zero-order valence-electron chi connectivity index (χ0n) is 8.51. The molecule has 14 heavy (non-hydrogen) atoms. The van der Waals surface area contributed by atoms with E-state index < -0.39 is 0 Å². The Hall–Kier alpha value is -0.170. The molecule has 0 saturated carbocycles.